The Morgan fingerprint density at radius 1 is 1.31 bits per heavy atom. The maximum absolute atomic E-state index is 13.5. The van der Waals surface area contributed by atoms with Crippen LogP contribution >= 0.6 is 7.60 Å². The summed E-state index contributed by atoms with van der Waals surface area (Å²) in [5.74, 6) is -1.19. The molecule has 2 N–H and O–H groups in total. The molecule has 1 atom stereocenters. The first kappa shape index (κ1) is 22.9. The van der Waals surface area contributed by atoms with Gasteiger partial charge < -0.3 is 19.3 Å². The molecule has 2 rings (SSSR count). The number of halogens is 3. The van der Waals surface area contributed by atoms with E-state index in [4.69, 9.17) is 9.05 Å². The van der Waals surface area contributed by atoms with Crippen LogP contribution in [0.3, 0.4) is 0 Å². The van der Waals surface area contributed by atoms with E-state index >= 15 is 0 Å². The minimum Gasteiger partial charge on any atom is -0.366 e. The van der Waals surface area contributed by atoms with Crippen molar-refractivity contribution in [2.75, 3.05) is 18.5 Å². The van der Waals surface area contributed by atoms with E-state index in [9.17, 15) is 27.9 Å². The van der Waals surface area contributed by atoms with Crippen LogP contribution in [0, 0.1) is 10.1 Å². The highest BCUT2D eigenvalue weighted by Gasteiger charge is 2.39. The SMILES string of the molecule is CCOP(=O)(OCC)C(C)Nc1cc(-c2ncc[nH]2)c(C(F)(F)F)cc1[N+](=O)[O-]. The Morgan fingerprint density at radius 2 is 1.93 bits per heavy atom. The molecule has 160 valence electrons. The Balaban J connectivity index is 2.60. The van der Waals surface area contributed by atoms with Gasteiger partial charge in [0.25, 0.3) is 5.69 Å². The molecule has 0 fully saturated rings. The quantitative estimate of drug-likeness (QED) is 0.321. The molecule has 0 radical (unpaired) electrons. The number of nitrogens with zero attached hydrogens (tertiary/aromatic N) is 2. The molecule has 1 heterocycles. The molecule has 1 aromatic heterocycles. The molecule has 0 aliphatic carbocycles. The first-order valence-electron chi connectivity index (χ1n) is 8.58. The van der Waals surface area contributed by atoms with Crippen LogP contribution in [0.5, 0.6) is 0 Å². The molecule has 2 aromatic rings. The van der Waals surface area contributed by atoms with E-state index in [1.54, 1.807) is 13.8 Å². The van der Waals surface area contributed by atoms with Crippen molar-refractivity contribution in [3.05, 3.63) is 40.2 Å². The lowest BCUT2D eigenvalue weighted by atomic mass is 10.0. The Bertz CT molecular complexity index is 895. The smallest absolute Gasteiger partial charge is 0.366 e. The van der Waals surface area contributed by atoms with Gasteiger partial charge in [-0.1, -0.05) is 0 Å². The molecule has 0 amide bonds. The standard InChI is InChI=1S/C16H20F3N4O5P/c1-4-27-29(26,28-5-2)10(3)22-13-8-11(15-20-6-7-21-15)12(16(17,18)19)9-14(13)23(24)25/h6-10,22H,4-5H2,1-3H3,(H,20,21). The van der Waals surface area contributed by atoms with Crippen molar-refractivity contribution in [2.45, 2.75) is 32.7 Å². The summed E-state index contributed by atoms with van der Waals surface area (Å²) in [5, 5.41) is 14.0. The van der Waals surface area contributed by atoms with E-state index in [0.717, 1.165) is 6.07 Å². The molecule has 1 aromatic carbocycles. The first-order chi connectivity index (χ1) is 13.5. The van der Waals surface area contributed by atoms with Gasteiger partial charge in [-0.3, -0.25) is 14.7 Å². The van der Waals surface area contributed by atoms with Gasteiger partial charge in [-0.25, -0.2) is 4.98 Å². The molecule has 0 aliphatic heterocycles. The number of hydrogen-bond acceptors (Lipinski definition) is 7. The fourth-order valence-corrected chi connectivity index (χ4v) is 4.16. The highest BCUT2D eigenvalue weighted by molar-refractivity contribution is 7.54. The summed E-state index contributed by atoms with van der Waals surface area (Å²) in [6.45, 7) is 4.69. The molecule has 0 spiro atoms. The van der Waals surface area contributed by atoms with E-state index in [1.807, 2.05) is 0 Å². The molecule has 9 nitrogen and oxygen atoms in total. The number of benzene rings is 1. The summed E-state index contributed by atoms with van der Waals surface area (Å²) in [4.78, 5) is 16.8. The molecular weight excluding hydrogens is 416 g/mol. The van der Waals surface area contributed by atoms with Gasteiger partial charge in [-0.05, 0) is 26.8 Å². The van der Waals surface area contributed by atoms with E-state index < -0.39 is 41.3 Å². The van der Waals surface area contributed by atoms with Gasteiger partial charge in [0.05, 0.1) is 23.7 Å². The van der Waals surface area contributed by atoms with E-state index in [2.05, 4.69) is 15.3 Å². The third-order valence-electron chi connectivity index (χ3n) is 3.85. The number of alkyl halides is 3. The number of hydrogen-bond donors (Lipinski definition) is 2. The van der Waals surface area contributed by atoms with E-state index in [0.29, 0.717) is 6.07 Å². The fraction of sp³-hybridized carbons (Fsp3) is 0.438. The van der Waals surface area contributed by atoms with E-state index in [1.165, 1.54) is 19.3 Å². The Kier molecular flexibility index (Phi) is 7.04. The topological polar surface area (TPSA) is 119 Å². The van der Waals surface area contributed by atoms with Crippen LogP contribution in [-0.4, -0.2) is 33.9 Å². The number of imidazole rings is 1. The molecule has 0 aliphatic rings. The summed E-state index contributed by atoms with van der Waals surface area (Å²) in [7, 11) is -3.72. The van der Waals surface area contributed by atoms with Crippen LogP contribution < -0.4 is 5.32 Å². The van der Waals surface area contributed by atoms with Gasteiger partial charge in [0.1, 0.15) is 17.3 Å². The lowest BCUT2D eigenvalue weighted by molar-refractivity contribution is -0.384. The number of aromatic nitrogens is 2. The normalized spacial score (nSPS) is 13.3. The Morgan fingerprint density at radius 3 is 2.38 bits per heavy atom. The predicted molar refractivity (Wildman–Crippen MR) is 99.6 cm³/mol. The largest absolute Gasteiger partial charge is 0.417 e. The zero-order valence-electron chi connectivity index (χ0n) is 15.8. The van der Waals surface area contributed by atoms with Crippen molar-refractivity contribution >= 4 is 19.0 Å². The summed E-state index contributed by atoms with van der Waals surface area (Å²) >= 11 is 0. The van der Waals surface area contributed by atoms with Crippen molar-refractivity contribution in [3.8, 4) is 11.4 Å². The van der Waals surface area contributed by atoms with Gasteiger partial charge in [0.2, 0.25) is 0 Å². The summed E-state index contributed by atoms with van der Waals surface area (Å²) in [5.41, 5.74) is -2.74. The second-order valence-corrected chi connectivity index (χ2v) is 8.17. The predicted octanol–water partition coefficient (Wildman–Crippen LogP) is 5.03. The zero-order valence-corrected chi connectivity index (χ0v) is 16.7. The van der Waals surface area contributed by atoms with Crippen molar-refractivity contribution in [3.63, 3.8) is 0 Å². The molecule has 1 unspecified atom stereocenters. The fourth-order valence-electron chi connectivity index (χ4n) is 2.62. The first-order valence-corrected chi connectivity index (χ1v) is 10.2. The molecule has 29 heavy (non-hydrogen) atoms. The zero-order chi connectivity index (χ0) is 21.8. The minimum atomic E-state index is -4.86. The second kappa shape index (κ2) is 8.93. The summed E-state index contributed by atoms with van der Waals surface area (Å²) < 4.78 is 63.7. The summed E-state index contributed by atoms with van der Waals surface area (Å²) in [6.07, 6.45) is -2.28. The van der Waals surface area contributed by atoms with Gasteiger partial charge in [-0.15, -0.1) is 0 Å². The second-order valence-electron chi connectivity index (χ2n) is 5.80. The maximum atomic E-state index is 13.5. The van der Waals surface area contributed by atoms with Gasteiger partial charge >= 0.3 is 13.8 Å². The lowest BCUT2D eigenvalue weighted by Crippen LogP contribution is -2.20. The minimum absolute atomic E-state index is 0.0516. The molecule has 0 saturated heterocycles. The number of nitrogens with one attached hydrogen (secondary N) is 2. The maximum Gasteiger partial charge on any atom is 0.417 e. The summed E-state index contributed by atoms with van der Waals surface area (Å²) in [6, 6.07) is 1.36. The third-order valence-corrected chi connectivity index (χ3v) is 6.16. The monoisotopic (exact) mass is 436 g/mol. The molecule has 0 saturated carbocycles. The number of H-pyrrole nitrogens is 1. The van der Waals surface area contributed by atoms with Crippen LogP contribution in [0.25, 0.3) is 11.4 Å². The average Bonchev–Trinajstić information content (AvgIpc) is 3.15. The molecular formula is C16H20F3N4O5P. The van der Waals surface area contributed by atoms with Crippen LogP contribution in [0.2, 0.25) is 0 Å². The van der Waals surface area contributed by atoms with Crippen molar-refractivity contribution < 1.29 is 31.7 Å². The number of aromatic amines is 1. The number of nitro groups is 1. The van der Waals surface area contributed by atoms with Crippen molar-refractivity contribution in [1.29, 1.82) is 0 Å². The van der Waals surface area contributed by atoms with Crippen LogP contribution in [0.15, 0.2) is 24.5 Å². The van der Waals surface area contributed by atoms with Crippen molar-refractivity contribution in [1.82, 2.24) is 9.97 Å². The van der Waals surface area contributed by atoms with Gasteiger partial charge in [-0.2, -0.15) is 13.2 Å². The molecule has 13 heteroatoms. The average molecular weight is 436 g/mol. The molecule has 0 bridgehead atoms. The Hall–Kier alpha value is -2.43. The lowest BCUT2D eigenvalue weighted by Gasteiger charge is -2.25. The van der Waals surface area contributed by atoms with Crippen LogP contribution in [0.1, 0.15) is 26.3 Å². The Labute approximate surface area is 164 Å². The van der Waals surface area contributed by atoms with Gasteiger partial charge in [0.15, 0.2) is 0 Å². The number of nitro benzene ring substituents is 1. The van der Waals surface area contributed by atoms with Crippen LogP contribution in [-0.2, 0) is 19.8 Å². The highest BCUT2D eigenvalue weighted by atomic mass is 31.2. The van der Waals surface area contributed by atoms with Crippen molar-refractivity contribution in [2.24, 2.45) is 0 Å². The number of anilines is 1. The third kappa shape index (κ3) is 5.14. The van der Waals surface area contributed by atoms with Gasteiger partial charge in [0, 0.05) is 24.0 Å². The highest BCUT2D eigenvalue weighted by Crippen LogP contribution is 2.53. The van der Waals surface area contributed by atoms with Crippen LogP contribution in [0.4, 0.5) is 24.5 Å². The van der Waals surface area contributed by atoms with E-state index in [-0.39, 0.29) is 24.7 Å². The number of rotatable bonds is 9.